The van der Waals surface area contributed by atoms with Crippen molar-refractivity contribution in [3.8, 4) is 5.75 Å². The van der Waals surface area contributed by atoms with Crippen LogP contribution in [0, 0.1) is 0 Å². The molecule has 1 aliphatic rings. The van der Waals surface area contributed by atoms with Gasteiger partial charge in [-0.05, 0) is 17.2 Å². The number of rotatable bonds is 4. The van der Waals surface area contributed by atoms with Crippen LogP contribution in [0.5, 0.6) is 5.75 Å². The zero-order valence-corrected chi connectivity index (χ0v) is 15.0. The normalized spacial score (nSPS) is 22.1. The van der Waals surface area contributed by atoms with E-state index < -0.39 is 12.1 Å². The fourth-order valence-electron chi connectivity index (χ4n) is 3.55. The predicted octanol–water partition coefficient (Wildman–Crippen LogP) is 4.37. The first-order valence-corrected chi connectivity index (χ1v) is 8.97. The number of methoxy groups -OCH3 is 1. The Morgan fingerprint density at radius 2 is 1.41 bits per heavy atom. The van der Waals surface area contributed by atoms with E-state index in [4.69, 9.17) is 9.47 Å². The van der Waals surface area contributed by atoms with Crippen LogP contribution in [0.2, 0.25) is 0 Å². The minimum atomic E-state index is -0.591. The van der Waals surface area contributed by atoms with Crippen molar-refractivity contribution in [2.75, 3.05) is 7.11 Å². The zero-order chi connectivity index (χ0) is 18.6. The van der Waals surface area contributed by atoms with E-state index in [2.05, 4.69) is 5.32 Å². The SMILES string of the molecule is COc1ccccc1[C@H]1N[C@@H](c2ccccc2)[C@@H](c2ccccc2)OC1=O. The Kier molecular flexibility index (Phi) is 4.90. The molecule has 1 saturated heterocycles. The topological polar surface area (TPSA) is 47.6 Å². The lowest BCUT2D eigenvalue weighted by molar-refractivity contribution is -0.161. The standard InChI is InChI=1S/C23H21NO3/c1-26-19-15-9-8-14-18(19)21-23(25)27-22(17-12-6-3-7-13-17)20(24-21)16-10-4-2-5-11-16/h2-15,20-22,24H,1H3/t20-,21+,22+/m0/s1. The van der Waals surface area contributed by atoms with Gasteiger partial charge in [0.05, 0.1) is 13.2 Å². The molecule has 1 aliphatic heterocycles. The first kappa shape index (κ1) is 17.3. The molecule has 3 aromatic rings. The molecule has 0 aromatic heterocycles. The lowest BCUT2D eigenvalue weighted by Gasteiger charge is -2.37. The second-order valence-electron chi connectivity index (χ2n) is 6.50. The summed E-state index contributed by atoms with van der Waals surface area (Å²) in [5.74, 6) is 0.359. The molecular weight excluding hydrogens is 338 g/mol. The van der Waals surface area contributed by atoms with Crippen LogP contribution in [0.25, 0.3) is 0 Å². The number of hydrogen-bond donors (Lipinski definition) is 1. The number of carbonyl (C=O) groups excluding carboxylic acids is 1. The molecule has 0 bridgehead atoms. The number of cyclic esters (lactones) is 1. The molecule has 0 spiro atoms. The van der Waals surface area contributed by atoms with Gasteiger partial charge in [-0.1, -0.05) is 78.9 Å². The summed E-state index contributed by atoms with van der Waals surface area (Å²) in [7, 11) is 1.61. The summed E-state index contributed by atoms with van der Waals surface area (Å²) in [5, 5.41) is 3.50. The largest absolute Gasteiger partial charge is 0.496 e. The van der Waals surface area contributed by atoms with Crippen molar-refractivity contribution in [3.63, 3.8) is 0 Å². The first-order valence-electron chi connectivity index (χ1n) is 8.97. The summed E-state index contributed by atoms with van der Waals surface area (Å²) in [6, 6.07) is 26.7. The number of para-hydroxylation sites is 1. The van der Waals surface area contributed by atoms with Gasteiger partial charge in [0.15, 0.2) is 0 Å². The van der Waals surface area contributed by atoms with Crippen molar-refractivity contribution in [2.45, 2.75) is 18.2 Å². The van der Waals surface area contributed by atoms with Gasteiger partial charge in [-0.2, -0.15) is 0 Å². The van der Waals surface area contributed by atoms with E-state index in [-0.39, 0.29) is 12.0 Å². The molecule has 3 atom stereocenters. The van der Waals surface area contributed by atoms with Crippen molar-refractivity contribution in [1.29, 1.82) is 0 Å². The number of ether oxygens (including phenoxy) is 2. The summed E-state index contributed by atoms with van der Waals surface area (Å²) in [6.45, 7) is 0. The molecule has 0 aliphatic carbocycles. The molecule has 0 radical (unpaired) electrons. The maximum atomic E-state index is 12.9. The van der Waals surface area contributed by atoms with E-state index in [1.165, 1.54) is 0 Å². The van der Waals surface area contributed by atoms with Crippen LogP contribution in [0.3, 0.4) is 0 Å². The Morgan fingerprint density at radius 3 is 2.07 bits per heavy atom. The summed E-state index contributed by atoms with van der Waals surface area (Å²) in [4.78, 5) is 12.9. The Morgan fingerprint density at radius 1 is 0.815 bits per heavy atom. The minimum absolute atomic E-state index is 0.166. The van der Waals surface area contributed by atoms with Gasteiger partial charge in [0, 0.05) is 5.56 Å². The fourth-order valence-corrected chi connectivity index (χ4v) is 3.55. The number of esters is 1. The zero-order valence-electron chi connectivity index (χ0n) is 15.0. The molecule has 4 heteroatoms. The third-order valence-electron chi connectivity index (χ3n) is 4.86. The van der Waals surface area contributed by atoms with Crippen molar-refractivity contribution in [2.24, 2.45) is 0 Å². The molecule has 1 fully saturated rings. The summed E-state index contributed by atoms with van der Waals surface area (Å²) in [5.41, 5.74) is 2.81. The molecule has 0 saturated carbocycles. The number of nitrogens with one attached hydrogen (secondary N) is 1. The average molecular weight is 359 g/mol. The van der Waals surface area contributed by atoms with Gasteiger partial charge in [0.2, 0.25) is 0 Å². The molecule has 4 rings (SSSR count). The third kappa shape index (κ3) is 3.44. The molecule has 0 amide bonds. The maximum Gasteiger partial charge on any atom is 0.328 e. The van der Waals surface area contributed by atoms with E-state index in [1.54, 1.807) is 7.11 Å². The summed E-state index contributed by atoms with van der Waals surface area (Å²) < 4.78 is 11.4. The molecule has 3 aromatic carbocycles. The lowest BCUT2D eigenvalue weighted by Crippen LogP contribution is -2.43. The molecule has 136 valence electrons. The van der Waals surface area contributed by atoms with Crippen LogP contribution in [-0.4, -0.2) is 13.1 Å². The summed E-state index contributed by atoms with van der Waals surface area (Å²) in [6.07, 6.45) is -0.396. The van der Waals surface area contributed by atoms with Gasteiger partial charge >= 0.3 is 5.97 Å². The lowest BCUT2D eigenvalue weighted by atomic mass is 9.91. The highest BCUT2D eigenvalue weighted by Crippen LogP contribution is 2.40. The van der Waals surface area contributed by atoms with Gasteiger partial charge in [-0.3, -0.25) is 5.32 Å². The maximum absolute atomic E-state index is 12.9. The molecule has 27 heavy (non-hydrogen) atoms. The van der Waals surface area contributed by atoms with Gasteiger partial charge in [0.25, 0.3) is 0 Å². The van der Waals surface area contributed by atoms with Crippen LogP contribution < -0.4 is 10.1 Å². The van der Waals surface area contributed by atoms with E-state index in [9.17, 15) is 4.79 Å². The number of hydrogen-bond acceptors (Lipinski definition) is 4. The number of morpholine rings is 1. The van der Waals surface area contributed by atoms with Gasteiger partial charge < -0.3 is 9.47 Å². The van der Waals surface area contributed by atoms with Crippen molar-refractivity contribution in [3.05, 3.63) is 102 Å². The highest BCUT2D eigenvalue weighted by Gasteiger charge is 2.40. The van der Waals surface area contributed by atoms with Crippen molar-refractivity contribution >= 4 is 5.97 Å². The van der Waals surface area contributed by atoms with Crippen LogP contribution in [-0.2, 0) is 9.53 Å². The molecule has 4 nitrogen and oxygen atoms in total. The van der Waals surface area contributed by atoms with E-state index in [0.717, 1.165) is 16.7 Å². The number of carbonyl (C=O) groups is 1. The Bertz CT molecular complexity index is 911. The smallest absolute Gasteiger partial charge is 0.328 e. The highest BCUT2D eigenvalue weighted by molar-refractivity contribution is 5.80. The minimum Gasteiger partial charge on any atom is -0.496 e. The Labute approximate surface area is 158 Å². The van der Waals surface area contributed by atoms with E-state index >= 15 is 0 Å². The Balaban J connectivity index is 1.74. The first-order chi connectivity index (χ1) is 13.3. The second-order valence-corrected chi connectivity index (χ2v) is 6.50. The van der Waals surface area contributed by atoms with Crippen LogP contribution >= 0.6 is 0 Å². The molecule has 1 heterocycles. The van der Waals surface area contributed by atoms with E-state index in [0.29, 0.717) is 5.75 Å². The van der Waals surface area contributed by atoms with Gasteiger partial charge in [0.1, 0.15) is 17.9 Å². The third-order valence-corrected chi connectivity index (χ3v) is 4.86. The van der Waals surface area contributed by atoms with Crippen LogP contribution in [0.1, 0.15) is 34.9 Å². The Hall–Kier alpha value is -3.11. The quantitative estimate of drug-likeness (QED) is 0.703. The summed E-state index contributed by atoms with van der Waals surface area (Å²) >= 11 is 0. The van der Waals surface area contributed by atoms with E-state index in [1.807, 2.05) is 84.9 Å². The number of benzene rings is 3. The fraction of sp³-hybridized carbons (Fsp3) is 0.174. The van der Waals surface area contributed by atoms with Crippen molar-refractivity contribution < 1.29 is 14.3 Å². The average Bonchev–Trinajstić information content (AvgIpc) is 2.75. The highest BCUT2D eigenvalue weighted by atomic mass is 16.5. The molecule has 1 N–H and O–H groups in total. The molecule has 0 unspecified atom stereocenters. The van der Waals surface area contributed by atoms with Gasteiger partial charge in [-0.25, -0.2) is 4.79 Å². The predicted molar refractivity (Wildman–Crippen MR) is 103 cm³/mol. The van der Waals surface area contributed by atoms with Crippen LogP contribution in [0.15, 0.2) is 84.9 Å². The molecular formula is C23H21NO3. The van der Waals surface area contributed by atoms with Crippen molar-refractivity contribution in [1.82, 2.24) is 5.32 Å². The monoisotopic (exact) mass is 359 g/mol. The van der Waals surface area contributed by atoms with Crippen LogP contribution in [0.4, 0.5) is 0 Å². The van der Waals surface area contributed by atoms with Gasteiger partial charge in [-0.15, -0.1) is 0 Å². The second kappa shape index (κ2) is 7.64.